The molecule has 1 aromatic carbocycles. The number of aryl methyl sites for hydroxylation is 1. The van der Waals surface area contributed by atoms with Crippen molar-refractivity contribution in [1.82, 2.24) is 9.47 Å². The van der Waals surface area contributed by atoms with Gasteiger partial charge in [-0.15, -0.1) is 0 Å². The highest BCUT2D eigenvalue weighted by molar-refractivity contribution is 5.89. The zero-order chi connectivity index (χ0) is 18.3. The van der Waals surface area contributed by atoms with Crippen LogP contribution in [0.3, 0.4) is 0 Å². The molecular weight excluding hydrogens is 328 g/mol. The summed E-state index contributed by atoms with van der Waals surface area (Å²) in [6.45, 7) is 4.73. The number of nitrogens with zero attached hydrogens (tertiary/aromatic N) is 2. The number of methoxy groups -OCH3 is 1. The van der Waals surface area contributed by atoms with Gasteiger partial charge in [-0.2, -0.15) is 0 Å². The Kier molecular flexibility index (Phi) is 4.76. The highest BCUT2D eigenvalue weighted by Crippen LogP contribution is 2.45. The van der Waals surface area contributed by atoms with Crippen molar-refractivity contribution in [3.05, 3.63) is 35.5 Å². The first-order valence-corrected chi connectivity index (χ1v) is 9.60. The highest BCUT2D eigenvalue weighted by atomic mass is 16.6. The number of benzene rings is 1. The van der Waals surface area contributed by atoms with Crippen LogP contribution in [-0.4, -0.2) is 54.9 Å². The van der Waals surface area contributed by atoms with Gasteiger partial charge in [0.1, 0.15) is 6.61 Å². The zero-order valence-corrected chi connectivity index (χ0v) is 15.9. The topological polar surface area (TPSA) is 43.7 Å². The van der Waals surface area contributed by atoms with E-state index in [4.69, 9.17) is 9.47 Å². The third-order valence-electron chi connectivity index (χ3n) is 6.15. The fourth-order valence-electron chi connectivity index (χ4n) is 4.95. The Hall–Kier alpha value is -1.85. The van der Waals surface area contributed by atoms with E-state index < -0.39 is 0 Å². The molecule has 26 heavy (non-hydrogen) atoms. The first kappa shape index (κ1) is 17.6. The van der Waals surface area contributed by atoms with Crippen molar-refractivity contribution in [3.8, 4) is 0 Å². The van der Waals surface area contributed by atoms with Crippen LogP contribution in [0.1, 0.15) is 30.4 Å². The lowest BCUT2D eigenvalue weighted by Crippen LogP contribution is -2.51. The predicted octanol–water partition coefficient (Wildman–Crippen LogP) is 2.72. The molecule has 0 saturated carbocycles. The van der Waals surface area contributed by atoms with Gasteiger partial charge in [0.15, 0.2) is 0 Å². The van der Waals surface area contributed by atoms with E-state index in [0.717, 1.165) is 25.9 Å². The van der Waals surface area contributed by atoms with E-state index in [1.807, 2.05) is 0 Å². The molecule has 4 rings (SSSR count). The Bertz CT molecular complexity index is 813. The van der Waals surface area contributed by atoms with Crippen LogP contribution >= 0.6 is 0 Å². The molecule has 1 aromatic heterocycles. The number of ether oxygens (including phenoxy) is 2. The zero-order valence-electron chi connectivity index (χ0n) is 15.9. The number of esters is 1. The van der Waals surface area contributed by atoms with Crippen LogP contribution in [0.15, 0.2) is 24.4 Å². The van der Waals surface area contributed by atoms with Crippen molar-refractivity contribution in [1.29, 1.82) is 0 Å². The summed E-state index contributed by atoms with van der Waals surface area (Å²) >= 11 is 0. The number of hydrogen-bond donors (Lipinski definition) is 0. The van der Waals surface area contributed by atoms with E-state index in [2.05, 4.69) is 47.8 Å². The average Bonchev–Trinajstić information content (AvgIpc) is 2.98. The van der Waals surface area contributed by atoms with Gasteiger partial charge in [0.2, 0.25) is 0 Å². The van der Waals surface area contributed by atoms with Crippen LogP contribution in [0.2, 0.25) is 0 Å². The van der Waals surface area contributed by atoms with Gasteiger partial charge in [0.05, 0.1) is 12.5 Å². The molecule has 0 radical (unpaired) electrons. The number of rotatable bonds is 5. The average molecular weight is 356 g/mol. The second-order valence-electron chi connectivity index (χ2n) is 7.57. The molecule has 0 bridgehead atoms. The number of carbonyl (C=O) groups excluding carboxylic acids is 1. The smallest absolute Gasteiger partial charge is 0.310 e. The number of piperidine rings is 1. The van der Waals surface area contributed by atoms with Crippen molar-refractivity contribution in [2.24, 2.45) is 13.0 Å². The van der Waals surface area contributed by atoms with E-state index in [1.165, 1.54) is 22.0 Å². The minimum atomic E-state index is -0.0787. The first-order chi connectivity index (χ1) is 12.6. The summed E-state index contributed by atoms with van der Waals surface area (Å²) in [5, 5.41) is 1.40. The molecule has 3 atom stereocenters. The number of hydrogen-bond acceptors (Lipinski definition) is 4. The minimum absolute atomic E-state index is 0.0615. The summed E-state index contributed by atoms with van der Waals surface area (Å²) in [5.74, 6) is 0.251. The van der Waals surface area contributed by atoms with Gasteiger partial charge in [0.25, 0.3) is 0 Å². The van der Waals surface area contributed by atoms with Crippen LogP contribution in [0.4, 0.5) is 0 Å². The fraction of sp³-hybridized carbons (Fsp3) is 0.571. The molecule has 0 spiro atoms. The van der Waals surface area contributed by atoms with Gasteiger partial charge in [-0.3, -0.25) is 9.69 Å². The standard InChI is InChI=1S/C21H28N2O3/c1-4-23-13-15(21(24)26-9-8-25-3)10-17-16-6-5-7-18-20(16)14(11-19(17)23)12-22(18)2/h5-7,12,15,17,19H,4,8-11,13H2,1-3H3/t15?,17-,19-/m1/s1. The van der Waals surface area contributed by atoms with Crippen LogP contribution in [0.5, 0.6) is 0 Å². The first-order valence-electron chi connectivity index (χ1n) is 9.60. The Morgan fingerprint density at radius 2 is 2.15 bits per heavy atom. The maximum absolute atomic E-state index is 12.6. The molecule has 1 aliphatic heterocycles. The summed E-state index contributed by atoms with van der Waals surface area (Å²) in [5.41, 5.74) is 4.14. The Balaban J connectivity index is 1.65. The summed E-state index contributed by atoms with van der Waals surface area (Å²) in [6.07, 6.45) is 4.22. The molecule has 1 fully saturated rings. The highest BCUT2D eigenvalue weighted by Gasteiger charge is 2.42. The molecule has 1 aliphatic carbocycles. The lowest BCUT2D eigenvalue weighted by atomic mass is 9.72. The number of carbonyl (C=O) groups is 1. The molecule has 5 nitrogen and oxygen atoms in total. The van der Waals surface area contributed by atoms with Crippen molar-refractivity contribution in [3.63, 3.8) is 0 Å². The van der Waals surface area contributed by atoms with Gasteiger partial charge in [-0.25, -0.2) is 0 Å². The summed E-state index contributed by atoms with van der Waals surface area (Å²) in [6, 6.07) is 7.08. The lowest BCUT2D eigenvalue weighted by molar-refractivity contribution is -0.152. The van der Waals surface area contributed by atoms with Gasteiger partial charge < -0.3 is 14.0 Å². The minimum Gasteiger partial charge on any atom is -0.463 e. The molecule has 5 heteroatoms. The van der Waals surface area contributed by atoms with Crippen molar-refractivity contribution in [2.75, 3.05) is 33.4 Å². The van der Waals surface area contributed by atoms with Crippen LogP contribution in [-0.2, 0) is 27.7 Å². The van der Waals surface area contributed by atoms with Crippen LogP contribution < -0.4 is 0 Å². The normalized spacial score (nSPS) is 25.3. The van der Waals surface area contributed by atoms with Gasteiger partial charge in [0, 0.05) is 49.8 Å². The Morgan fingerprint density at radius 1 is 1.31 bits per heavy atom. The molecule has 2 aliphatic rings. The molecule has 2 aromatic rings. The summed E-state index contributed by atoms with van der Waals surface area (Å²) in [7, 11) is 3.75. The quantitative estimate of drug-likeness (QED) is 0.610. The van der Waals surface area contributed by atoms with E-state index >= 15 is 0 Å². The van der Waals surface area contributed by atoms with E-state index in [9.17, 15) is 4.79 Å². The van der Waals surface area contributed by atoms with Gasteiger partial charge in [-0.1, -0.05) is 19.1 Å². The van der Waals surface area contributed by atoms with Crippen molar-refractivity contribution in [2.45, 2.75) is 31.7 Å². The third kappa shape index (κ3) is 2.83. The van der Waals surface area contributed by atoms with E-state index in [0.29, 0.717) is 25.2 Å². The SMILES string of the molecule is CCN1CC(C(=O)OCCOC)C[C@@H]2c3cccc4c3c(cn4C)C[C@H]21. The van der Waals surface area contributed by atoms with E-state index in [1.54, 1.807) is 7.11 Å². The van der Waals surface area contributed by atoms with E-state index in [-0.39, 0.29) is 11.9 Å². The summed E-state index contributed by atoms with van der Waals surface area (Å²) < 4.78 is 12.7. The number of fused-ring (bicyclic) bond motifs is 2. The number of likely N-dealkylation sites (N-methyl/N-ethyl adjacent to an activating group) is 1. The molecule has 1 saturated heterocycles. The Morgan fingerprint density at radius 3 is 2.92 bits per heavy atom. The molecule has 0 amide bonds. The molecule has 1 unspecified atom stereocenters. The summed E-state index contributed by atoms with van der Waals surface area (Å²) in [4.78, 5) is 15.1. The number of likely N-dealkylation sites (tertiary alicyclic amines) is 1. The van der Waals surface area contributed by atoms with Crippen LogP contribution in [0, 0.1) is 5.92 Å². The monoisotopic (exact) mass is 356 g/mol. The van der Waals surface area contributed by atoms with Gasteiger partial charge >= 0.3 is 5.97 Å². The Labute approximate surface area is 154 Å². The largest absolute Gasteiger partial charge is 0.463 e. The van der Waals surface area contributed by atoms with Crippen LogP contribution in [0.25, 0.3) is 10.9 Å². The fourth-order valence-corrected chi connectivity index (χ4v) is 4.95. The third-order valence-corrected chi connectivity index (χ3v) is 6.15. The predicted molar refractivity (Wildman–Crippen MR) is 101 cm³/mol. The maximum Gasteiger partial charge on any atom is 0.310 e. The molecular formula is C21H28N2O3. The molecule has 140 valence electrons. The van der Waals surface area contributed by atoms with Gasteiger partial charge in [-0.05, 0) is 36.6 Å². The molecule has 0 N–H and O–H groups in total. The second-order valence-corrected chi connectivity index (χ2v) is 7.57. The number of aromatic nitrogens is 1. The second kappa shape index (κ2) is 7.05. The van der Waals surface area contributed by atoms with Crippen molar-refractivity contribution < 1.29 is 14.3 Å². The maximum atomic E-state index is 12.6. The molecule has 2 heterocycles. The van der Waals surface area contributed by atoms with Crippen molar-refractivity contribution >= 4 is 16.9 Å². The lowest BCUT2D eigenvalue weighted by Gasteiger charge is -2.46.